The molecule has 0 fully saturated rings. The summed E-state index contributed by atoms with van der Waals surface area (Å²) in [6, 6.07) is 7.13. The van der Waals surface area contributed by atoms with Gasteiger partial charge in [-0.1, -0.05) is 12.1 Å². The van der Waals surface area contributed by atoms with Crippen LogP contribution in [-0.2, 0) is 16.6 Å². The van der Waals surface area contributed by atoms with Gasteiger partial charge in [0.15, 0.2) is 0 Å². The predicted molar refractivity (Wildman–Crippen MR) is 57.2 cm³/mol. The molecule has 0 saturated heterocycles. The Labute approximate surface area is 84.2 Å². The van der Waals surface area contributed by atoms with E-state index in [2.05, 4.69) is 4.72 Å². The quantitative estimate of drug-likeness (QED) is 0.725. The highest BCUT2D eigenvalue weighted by atomic mass is 32.2. The lowest BCUT2D eigenvalue weighted by Crippen LogP contribution is -2.24. The molecule has 78 valence electrons. The number of sulfonamides is 1. The minimum atomic E-state index is -3.12. The van der Waals surface area contributed by atoms with E-state index < -0.39 is 10.0 Å². The lowest BCUT2D eigenvalue weighted by molar-refractivity contribution is 0.582. The Balaban J connectivity index is 2.63. The maximum atomic E-state index is 11.1. The van der Waals surface area contributed by atoms with Gasteiger partial charge in [-0.25, -0.2) is 13.1 Å². The van der Waals surface area contributed by atoms with Crippen LogP contribution in [0.5, 0.6) is 0 Å². The van der Waals surface area contributed by atoms with Gasteiger partial charge in [0.25, 0.3) is 0 Å². The van der Waals surface area contributed by atoms with E-state index >= 15 is 0 Å². The second-order valence-corrected chi connectivity index (χ2v) is 5.07. The molecule has 14 heavy (non-hydrogen) atoms. The number of anilines is 1. The number of hydrogen-bond donors (Lipinski definition) is 2. The molecule has 1 rings (SSSR count). The van der Waals surface area contributed by atoms with E-state index in [4.69, 9.17) is 5.73 Å². The van der Waals surface area contributed by atoms with E-state index in [-0.39, 0.29) is 5.75 Å². The maximum absolute atomic E-state index is 11.1. The first-order valence-corrected chi connectivity index (χ1v) is 6.00. The van der Waals surface area contributed by atoms with Gasteiger partial charge < -0.3 is 5.73 Å². The molecule has 1 aromatic carbocycles. The van der Waals surface area contributed by atoms with E-state index in [1.54, 1.807) is 25.1 Å². The summed E-state index contributed by atoms with van der Waals surface area (Å²) in [4.78, 5) is 0. The third-order valence-electron chi connectivity index (χ3n) is 1.83. The fraction of sp³-hybridized carbons (Fsp3) is 0.333. The van der Waals surface area contributed by atoms with Crippen LogP contribution in [0, 0.1) is 0 Å². The average molecular weight is 214 g/mol. The molecule has 0 aromatic heterocycles. The van der Waals surface area contributed by atoms with E-state index in [1.165, 1.54) is 0 Å². The highest BCUT2D eigenvalue weighted by Gasteiger charge is 2.05. The zero-order valence-electron chi connectivity index (χ0n) is 8.03. The number of benzene rings is 1. The van der Waals surface area contributed by atoms with Crippen LogP contribution in [0.3, 0.4) is 0 Å². The predicted octanol–water partition coefficient (Wildman–Crippen LogP) is 0.708. The van der Waals surface area contributed by atoms with E-state index in [0.717, 1.165) is 5.56 Å². The van der Waals surface area contributed by atoms with Crippen molar-refractivity contribution in [1.29, 1.82) is 0 Å². The second-order valence-electron chi connectivity index (χ2n) is 2.97. The Morgan fingerprint density at radius 1 is 1.43 bits per heavy atom. The van der Waals surface area contributed by atoms with Crippen molar-refractivity contribution in [2.75, 3.05) is 11.5 Å². The van der Waals surface area contributed by atoms with Crippen molar-refractivity contribution in [1.82, 2.24) is 4.72 Å². The molecule has 3 N–H and O–H groups in total. The molecule has 1 aromatic rings. The van der Waals surface area contributed by atoms with Crippen molar-refractivity contribution < 1.29 is 8.42 Å². The summed E-state index contributed by atoms with van der Waals surface area (Å²) >= 11 is 0. The lowest BCUT2D eigenvalue weighted by atomic mass is 10.2. The average Bonchev–Trinajstić information content (AvgIpc) is 2.15. The number of nitrogen functional groups attached to an aromatic ring is 1. The van der Waals surface area contributed by atoms with Gasteiger partial charge in [0.1, 0.15) is 0 Å². The smallest absolute Gasteiger partial charge is 0.211 e. The van der Waals surface area contributed by atoms with E-state index in [9.17, 15) is 8.42 Å². The molecular formula is C9H14N2O2S. The molecule has 0 radical (unpaired) electrons. The van der Waals surface area contributed by atoms with Gasteiger partial charge in [0.2, 0.25) is 10.0 Å². The first-order valence-electron chi connectivity index (χ1n) is 4.35. The van der Waals surface area contributed by atoms with Crippen LogP contribution in [0.1, 0.15) is 12.5 Å². The van der Waals surface area contributed by atoms with Crippen LogP contribution in [0.2, 0.25) is 0 Å². The molecule has 0 aliphatic heterocycles. The molecule has 0 heterocycles. The molecule has 0 atom stereocenters. The van der Waals surface area contributed by atoms with Crippen LogP contribution in [0.25, 0.3) is 0 Å². The van der Waals surface area contributed by atoms with Gasteiger partial charge in [0.05, 0.1) is 5.75 Å². The Kier molecular flexibility index (Phi) is 3.49. The number of hydrogen-bond acceptors (Lipinski definition) is 3. The zero-order valence-corrected chi connectivity index (χ0v) is 8.84. The summed E-state index contributed by atoms with van der Waals surface area (Å²) in [5.41, 5.74) is 7.05. The zero-order chi connectivity index (χ0) is 10.6. The van der Waals surface area contributed by atoms with Gasteiger partial charge in [-0.05, 0) is 24.6 Å². The molecular weight excluding hydrogens is 200 g/mol. The second kappa shape index (κ2) is 4.43. The number of rotatable bonds is 4. The summed E-state index contributed by atoms with van der Waals surface area (Å²) < 4.78 is 24.7. The van der Waals surface area contributed by atoms with Crippen LogP contribution in [0.4, 0.5) is 5.69 Å². The van der Waals surface area contributed by atoms with E-state index in [1.807, 2.05) is 6.07 Å². The van der Waals surface area contributed by atoms with Gasteiger partial charge in [0, 0.05) is 12.2 Å². The normalized spacial score (nSPS) is 11.5. The fourth-order valence-corrected chi connectivity index (χ4v) is 1.59. The molecule has 0 aliphatic carbocycles. The van der Waals surface area contributed by atoms with Crippen LogP contribution in [-0.4, -0.2) is 14.2 Å². The van der Waals surface area contributed by atoms with Crippen molar-refractivity contribution in [2.45, 2.75) is 13.5 Å². The molecule has 0 bridgehead atoms. The molecule has 5 heteroatoms. The lowest BCUT2D eigenvalue weighted by Gasteiger charge is -2.04. The molecule has 0 amide bonds. The Hall–Kier alpha value is -1.07. The van der Waals surface area contributed by atoms with Gasteiger partial charge in [-0.15, -0.1) is 0 Å². The highest BCUT2D eigenvalue weighted by molar-refractivity contribution is 7.89. The summed E-state index contributed by atoms with van der Waals surface area (Å²) in [5, 5.41) is 0. The standard InChI is InChI=1S/C9H14N2O2S/c1-2-14(12,13)11-7-8-4-3-5-9(10)6-8/h3-6,11H,2,7,10H2,1H3. The minimum absolute atomic E-state index is 0.0926. The number of nitrogens with two attached hydrogens (primary N) is 1. The number of nitrogens with one attached hydrogen (secondary N) is 1. The monoisotopic (exact) mass is 214 g/mol. The molecule has 0 aliphatic rings. The van der Waals surface area contributed by atoms with Crippen molar-refractivity contribution in [2.24, 2.45) is 0 Å². The van der Waals surface area contributed by atoms with Crippen molar-refractivity contribution in [3.63, 3.8) is 0 Å². The molecule has 0 saturated carbocycles. The Bertz CT molecular complexity index is 401. The van der Waals surface area contributed by atoms with Crippen molar-refractivity contribution >= 4 is 15.7 Å². The minimum Gasteiger partial charge on any atom is -0.399 e. The molecule has 0 spiro atoms. The van der Waals surface area contributed by atoms with E-state index in [0.29, 0.717) is 12.2 Å². The first-order chi connectivity index (χ1) is 6.53. The third kappa shape index (κ3) is 3.35. The highest BCUT2D eigenvalue weighted by Crippen LogP contribution is 2.06. The topological polar surface area (TPSA) is 72.2 Å². The summed E-state index contributed by atoms with van der Waals surface area (Å²) in [7, 11) is -3.12. The SMILES string of the molecule is CCS(=O)(=O)NCc1cccc(N)c1. The fourth-order valence-electron chi connectivity index (χ4n) is 0.998. The van der Waals surface area contributed by atoms with Crippen LogP contribution < -0.4 is 10.5 Å². The van der Waals surface area contributed by atoms with Crippen LogP contribution in [0.15, 0.2) is 24.3 Å². The van der Waals surface area contributed by atoms with Crippen molar-refractivity contribution in [3.8, 4) is 0 Å². The van der Waals surface area contributed by atoms with Crippen molar-refractivity contribution in [3.05, 3.63) is 29.8 Å². The summed E-state index contributed by atoms with van der Waals surface area (Å²) in [6.45, 7) is 1.89. The molecule has 0 unspecified atom stereocenters. The third-order valence-corrected chi connectivity index (χ3v) is 3.17. The van der Waals surface area contributed by atoms with Gasteiger partial charge in [-0.2, -0.15) is 0 Å². The first kappa shape index (κ1) is 11.0. The Morgan fingerprint density at radius 3 is 2.71 bits per heavy atom. The Morgan fingerprint density at radius 2 is 2.14 bits per heavy atom. The van der Waals surface area contributed by atoms with Crippen LogP contribution >= 0.6 is 0 Å². The molecule has 4 nitrogen and oxygen atoms in total. The summed E-state index contributed by atoms with van der Waals surface area (Å²) in [6.07, 6.45) is 0. The maximum Gasteiger partial charge on any atom is 0.211 e. The van der Waals surface area contributed by atoms with Gasteiger partial charge in [-0.3, -0.25) is 0 Å². The summed E-state index contributed by atoms with van der Waals surface area (Å²) in [5.74, 6) is 0.0926. The van der Waals surface area contributed by atoms with Gasteiger partial charge >= 0.3 is 0 Å². The largest absolute Gasteiger partial charge is 0.399 e.